The van der Waals surface area contributed by atoms with Gasteiger partial charge in [-0.25, -0.2) is 51.8 Å². The van der Waals surface area contributed by atoms with Gasteiger partial charge in [-0.05, 0) is 73.9 Å². The molecule has 2 aromatic carbocycles. The first-order valence-corrected chi connectivity index (χ1v) is 23.1. The molecule has 3 unspecified atom stereocenters. The molecule has 0 amide bonds. The van der Waals surface area contributed by atoms with Crippen molar-refractivity contribution in [1.29, 1.82) is 0 Å². The predicted octanol–water partition coefficient (Wildman–Crippen LogP) is 4.38. The number of methoxy groups -OCH3 is 1. The second kappa shape index (κ2) is 28.9. The smallest absolute Gasteiger partial charge is 0.493 e. The number of hydrogen-bond acceptors (Lipinski definition) is 30. The third-order valence-corrected chi connectivity index (χ3v) is 11.4. The van der Waals surface area contributed by atoms with Crippen molar-refractivity contribution in [1.82, 2.24) is 41.5 Å². The maximum absolute atomic E-state index is 15.2. The highest BCUT2D eigenvalue weighted by Gasteiger charge is 2.39. The van der Waals surface area contributed by atoms with Crippen LogP contribution in [-0.4, -0.2) is 162 Å². The summed E-state index contributed by atoms with van der Waals surface area (Å²) >= 11 is 0. The van der Waals surface area contributed by atoms with E-state index in [0.29, 0.717) is 4.31 Å². The zero-order chi connectivity index (χ0) is 53.7. The van der Waals surface area contributed by atoms with Gasteiger partial charge in [0.25, 0.3) is 15.9 Å². The van der Waals surface area contributed by atoms with Crippen LogP contribution in [0.3, 0.4) is 0 Å². The van der Waals surface area contributed by atoms with Crippen LogP contribution >= 0.6 is 0 Å². The van der Waals surface area contributed by atoms with Crippen molar-refractivity contribution in [2.45, 2.75) is 88.5 Å². The summed E-state index contributed by atoms with van der Waals surface area (Å²) in [6.45, 7) is 4.46. The first kappa shape index (κ1) is 59.4. The van der Waals surface area contributed by atoms with Gasteiger partial charge >= 0.3 is 12.1 Å². The van der Waals surface area contributed by atoms with Gasteiger partial charge in [0, 0.05) is 18.8 Å². The normalized spacial score (nSPS) is 13.2. The van der Waals surface area contributed by atoms with Gasteiger partial charge in [0.2, 0.25) is 11.6 Å². The standard InChI is InChI=1S/C41H57N9O22S/c1-27(69-40(52)66-22-9-12-30(72-50(59)60)26-68-48(55)56)46(73(61,62)31-18-16-28(17-19-31)41(2,3)4)38-35(70-33-14-7-6-13-32(33)63-5)39(45-37(44-38)36-42-20-10-21-43-36)65-24-23-64-34(51)15-8-11-29(71-49(57)58)25-67-47(53)54/h6-7,10,13-14,16-21,27,29-30,53-60H,8-9,11-12,15,22-26H2,1-5H3. The Kier molecular flexibility index (Phi) is 23.5. The van der Waals surface area contributed by atoms with Crippen molar-refractivity contribution < 1.29 is 107 Å². The number of carbonyl (C=O) groups excluding carboxylic acids is 2. The van der Waals surface area contributed by atoms with Crippen molar-refractivity contribution in [3.63, 3.8) is 0 Å². The summed E-state index contributed by atoms with van der Waals surface area (Å²) in [6.07, 6.45) is -3.40. The van der Waals surface area contributed by atoms with E-state index in [2.05, 4.69) is 39.3 Å². The van der Waals surface area contributed by atoms with E-state index in [0.717, 1.165) is 5.56 Å². The summed E-state index contributed by atoms with van der Waals surface area (Å²) in [5.74, 6) is -2.68. The molecule has 2 heterocycles. The van der Waals surface area contributed by atoms with Crippen LogP contribution in [0.15, 0.2) is 71.9 Å². The lowest BCUT2D eigenvalue weighted by molar-refractivity contribution is -0.527. The number of anilines is 1. The third-order valence-electron chi connectivity index (χ3n) is 9.57. The van der Waals surface area contributed by atoms with Gasteiger partial charge in [-0.15, -0.1) is 0 Å². The van der Waals surface area contributed by atoms with E-state index in [9.17, 15) is 9.59 Å². The van der Waals surface area contributed by atoms with E-state index < -0.39 is 118 Å². The molecule has 404 valence electrons. The third kappa shape index (κ3) is 19.7. The van der Waals surface area contributed by atoms with Crippen LogP contribution in [0.4, 0.5) is 10.6 Å². The Bertz CT molecular complexity index is 2420. The molecule has 4 aromatic rings. The molecule has 32 heteroatoms. The molecule has 0 fully saturated rings. The average Bonchev–Trinajstić information content (AvgIpc) is 3.33. The molecular weight excluding hydrogens is 1000 g/mol. The van der Waals surface area contributed by atoms with Crippen molar-refractivity contribution >= 4 is 28.0 Å². The van der Waals surface area contributed by atoms with Gasteiger partial charge in [-0.1, -0.05) is 45.0 Å². The minimum atomic E-state index is -4.90. The summed E-state index contributed by atoms with van der Waals surface area (Å²) in [7, 11) is -3.56. The fraction of sp³-hybridized carbons (Fsp3) is 0.463. The molecule has 4 rings (SSSR count). The highest BCUT2D eigenvalue weighted by atomic mass is 32.2. The predicted molar refractivity (Wildman–Crippen MR) is 236 cm³/mol. The Hall–Kier alpha value is -6.15. The van der Waals surface area contributed by atoms with Crippen LogP contribution in [0.5, 0.6) is 23.1 Å². The zero-order valence-corrected chi connectivity index (χ0v) is 40.7. The summed E-state index contributed by atoms with van der Waals surface area (Å²) in [5, 5.41) is 69.1. The quantitative estimate of drug-likeness (QED) is 0.0150. The number of ether oxygens (including phenoxy) is 6. The van der Waals surface area contributed by atoms with Crippen LogP contribution in [0.1, 0.15) is 65.4 Å². The summed E-state index contributed by atoms with van der Waals surface area (Å²) in [6, 6.07) is 13.6. The van der Waals surface area contributed by atoms with Crippen molar-refractivity contribution in [3.05, 3.63) is 72.6 Å². The first-order chi connectivity index (χ1) is 34.6. The molecule has 0 saturated heterocycles. The molecule has 0 radical (unpaired) electrons. The lowest BCUT2D eigenvalue weighted by Crippen LogP contribution is -2.42. The second-order valence-corrected chi connectivity index (χ2v) is 17.7. The first-order valence-electron chi connectivity index (χ1n) is 21.7. The Morgan fingerprint density at radius 1 is 0.699 bits per heavy atom. The topological polar surface area (TPSA) is 390 Å². The molecular formula is C41H57N9O22S. The summed E-state index contributed by atoms with van der Waals surface area (Å²) in [5.41, 5.74) is 0.372. The van der Waals surface area contributed by atoms with Gasteiger partial charge < -0.3 is 28.4 Å². The Labute approximate surface area is 416 Å². The van der Waals surface area contributed by atoms with Crippen LogP contribution in [0, 0.1) is 0 Å². The molecule has 0 bridgehead atoms. The number of nitrogens with zero attached hydrogens (tertiary/aromatic N) is 9. The molecule has 3 atom stereocenters. The molecule has 31 nitrogen and oxygen atoms in total. The lowest BCUT2D eigenvalue weighted by Gasteiger charge is -2.30. The van der Waals surface area contributed by atoms with E-state index in [1.54, 1.807) is 24.3 Å². The van der Waals surface area contributed by atoms with Crippen LogP contribution in [-0.2, 0) is 53.8 Å². The fourth-order valence-electron chi connectivity index (χ4n) is 6.23. The molecule has 0 saturated carbocycles. The Balaban J connectivity index is 1.76. The van der Waals surface area contributed by atoms with Crippen LogP contribution in [0.25, 0.3) is 11.6 Å². The number of esters is 1. The highest BCUT2D eigenvalue weighted by Crippen LogP contribution is 2.44. The van der Waals surface area contributed by atoms with Gasteiger partial charge in [0.05, 0.1) is 40.2 Å². The van der Waals surface area contributed by atoms with Crippen LogP contribution < -0.4 is 18.5 Å². The Morgan fingerprint density at radius 2 is 1.29 bits per heavy atom. The van der Waals surface area contributed by atoms with Gasteiger partial charge in [0.15, 0.2) is 29.4 Å². The summed E-state index contributed by atoms with van der Waals surface area (Å²) in [4.78, 5) is 61.6. The number of benzene rings is 2. The van der Waals surface area contributed by atoms with E-state index >= 15 is 8.42 Å². The SMILES string of the molecule is COc1ccccc1Oc1c(OCCOC(=O)CCCC(CON(O)O)ON(O)O)nc(-c2ncccn2)nc1N(C(C)OC(=O)OCCCC(CON(O)O)ON(O)O)S(=O)(=O)c1ccc(C(C)(C)C)cc1. The molecule has 0 spiro atoms. The molecule has 0 aliphatic rings. The fourth-order valence-corrected chi connectivity index (χ4v) is 7.72. The van der Waals surface area contributed by atoms with E-state index in [4.69, 9.17) is 70.1 Å². The maximum Gasteiger partial charge on any atom is 0.510 e. The number of sulfonamides is 1. The Morgan fingerprint density at radius 3 is 1.85 bits per heavy atom. The largest absolute Gasteiger partial charge is 0.510 e. The number of carbonyl (C=O) groups is 2. The number of para-hydroxylation sites is 2. The van der Waals surface area contributed by atoms with E-state index in [1.165, 1.54) is 56.8 Å². The van der Waals surface area contributed by atoms with Crippen molar-refractivity contribution in [3.8, 4) is 34.8 Å². The van der Waals surface area contributed by atoms with E-state index in [-0.39, 0.29) is 60.1 Å². The zero-order valence-electron chi connectivity index (χ0n) is 39.9. The number of aromatic nitrogens is 4. The number of hydrogen-bond donors (Lipinski definition) is 8. The lowest BCUT2D eigenvalue weighted by atomic mass is 9.87. The van der Waals surface area contributed by atoms with Crippen molar-refractivity contribution in [2.24, 2.45) is 0 Å². The van der Waals surface area contributed by atoms with Gasteiger partial charge in [-0.2, -0.15) is 4.98 Å². The molecule has 8 N–H and O–H groups in total. The summed E-state index contributed by atoms with van der Waals surface area (Å²) < 4.78 is 65.0. The molecule has 2 aromatic heterocycles. The van der Waals surface area contributed by atoms with Gasteiger partial charge in [-0.3, -0.25) is 46.5 Å². The molecule has 0 aliphatic carbocycles. The van der Waals surface area contributed by atoms with E-state index in [1.807, 2.05) is 20.8 Å². The van der Waals surface area contributed by atoms with Gasteiger partial charge in [0.1, 0.15) is 38.6 Å². The maximum atomic E-state index is 15.2. The minimum absolute atomic E-state index is 0.0116. The average molecular weight is 1060 g/mol. The van der Waals surface area contributed by atoms with Crippen LogP contribution in [0.2, 0.25) is 0 Å². The monoisotopic (exact) mass is 1060 g/mol. The second-order valence-electron chi connectivity index (χ2n) is 15.9. The molecule has 0 aliphatic heterocycles. The minimum Gasteiger partial charge on any atom is -0.493 e. The molecule has 73 heavy (non-hydrogen) atoms. The number of rotatable bonds is 31. The van der Waals surface area contributed by atoms with Crippen molar-refractivity contribution in [2.75, 3.05) is 44.4 Å². The highest BCUT2D eigenvalue weighted by molar-refractivity contribution is 7.92.